The maximum Gasteiger partial charge on any atom is 0.325 e. The van der Waals surface area contributed by atoms with E-state index in [1.807, 2.05) is 0 Å². The highest BCUT2D eigenvalue weighted by Gasteiger charge is 2.49. The first-order valence-electron chi connectivity index (χ1n) is 8.16. The number of imide groups is 1. The summed E-state index contributed by atoms with van der Waals surface area (Å²) < 4.78 is 10.6. The van der Waals surface area contributed by atoms with E-state index in [9.17, 15) is 19.7 Å². The van der Waals surface area contributed by atoms with Crippen LogP contribution < -0.4 is 14.8 Å². The van der Waals surface area contributed by atoms with E-state index >= 15 is 0 Å². The van der Waals surface area contributed by atoms with Gasteiger partial charge in [-0.15, -0.1) is 0 Å². The van der Waals surface area contributed by atoms with Crippen LogP contribution in [0.2, 0.25) is 0 Å². The molecule has 0 spiro atoms. The van der Waals surface area contributed by atoms with E-state index in [2.05, 4.69) is 5.32 Å². The molecule has 0 unspecified atom stereocenters. The number of benzene rings is 2. The molecule has 1 N–H and O–H groups in total. The van der Waals surface area contributed by atoms with Crippen LogP contribution in [0, 0.1) is 10.1 Å². The Balaban J connectivity index is 1.58. The fourth-order valence-corrected chi connectivity index (χ4v) is 3.15. The van der Waals surface area contributed by atoms with E-state index in [1.165, 1.54) is 24.3 Å². The lowest BCUT2D eigenvalue weighted by atomic mass is 9.91. The first-order valence-corrected chi connectivity index (χ1v) is 8.16. The van der Waals surface area contributed by atoms with Crippen LogP contribution in [0.1, 0.15) is 18.1 Å². The van der Waals surface area contributed by atoms with Gasteiger partial charge in [-0.1, -0.05) is 18.2 Å². The van der Waals surface area contributed by atoms with Gasteiger partial charge in [0.25, 0.3) is 11.6 Å². The van der Waals surface area contributed by atoms with Crippen molar-refractivity contribution in [3.8, 4) is 11.5 Å². The molecule has 2 aliphatic heterocycles. The van der Waals surface area contributed by atoms with Crippen LogP contribution in [0.15, 0.2) is 42.5 Å². The third kappa shape index (κ3) is 2.73. The molecule has 9 heteroatoms. The minimum Gasteiger partial charge on any atom is -0.454 e. The van der Waals surface area contributed by atoms with Crippen molar-refractivity contribution in [2.24, 2.45) is 0 Å². The number of hydrogen-bond donors (Lipinski definition) is 1. The fourth-order valence-electron chi connectivity index (χ4n) is 3.15. The monoisotopic (exact) mass is 369 g/mol. The van der Waals surface area contributed by atoms with Gasteiger partial charge in [0.1, 0.15) is 5.54 Å². The maximum absolute atomic E-state index is 13.0. The van der Waals surface area contributed by atoms with E-state index in [4.69, 9.17) is 9.47 Å². The summed E-state index contributed by atoms with van der Waals surface area (Å²) in [7, 11) is 0. The zero-order valence-electron chi connectivity index (χ0n) is 14.3. The van der Waals surface area contributed by atoms with Gasteiger partial charge in [0.15, 0.2) is 11.5 Å². The highest BCUT2D eigenvalue weighted by molar-refractivity contribution is 6.07. The number of rotatable bonds is 4. The number of ether oxygens (including phenoxy) is 2. The van der Waals surface area contributed by atoms with Gasteiger partial charge in [-0.3, -0.25) is 19.8 Å². The molecule has 138 valence electrons. The third-order valence-corrected chi connectivity index (χ3v) is 4.71. The molecule has 0 bridgehead atoms. The molecule has 2 aromatic rings. The van der Waals surface area contributed by atoms with Gasteiger partial charge in [0.05, 0.1) is 11.5 Å². The molecular weight excluding hydrogens is 354 g/mol. The van der Waals surface area contributed by atoms with Crippen LogP contribution in [0.3, 0.4) is 0 Å². The first kappa shape index (κ1) is 16.8. The highest BCUT2D eigenvalue weighted by Crippen LogP contribution is 2.38. The number of carbonyl (C=O) groups excluding carboxylic acids is 2. The Kier molecular flexibility index (Phi) is 3.72. The molecule has 0 saturated carbocycles. The standard InChI is InChI=1S/C18H15N3O6/c1-18(12-4-7-14-15(8-12)27-10-26-14)16(22)20(17(23)19-18)9-11-2-5-13(6-3-11)21(24)25/h2-8H,9-10H2,1H3,(H,19,23)/t18-/m1/s1. The van der Waals surface area contributed by atoms with Gasteiger partial charge in [0.2, 0.25) is 6.79 Å². The van der Waals surface area contributed by atoms with Gasteiger partial charge in [-0.05, 0) is 30.2 Å². The van der Waals surface area contributed by atoms with Crippen molar-refractivity contribution >= 4 is 17.6 Å². The average molecular weight is 369 g/mol. The molecule has 0 radical (unpaired) electrons. The largest absolute Gasteiger partial charge is 0.454 e. The average Bonchev–Trinajstić information content (AvgIpc) is 3.20. The third-order valence-electron chi connectivity index (χ3n) is 4.71. The summed E-state index contributed by atoms with van der Waals surface area (Å²) in [5.74, 6) is 0.691. The minimum atomic E-state index is -1.24. The fraction of sp³-hybridized carbons (Fsp3) is 0.222. The lowest BCUT2D eigenvalue weighted by Gasteiger charge is -2.22. The summed E-state index contributed by atoms with van der Waals surface area (Å²) in [5.41, 5.74) is -0.102. The molecule has 2 aromatic carbocycles. The molecule has 2 aliphatic rings. The first-order chi connectivity index (χ1) is 12.9. The number of carbonyl (C=O) groups is 2. The second-order valence-electron chi connectivity index (χ2n) is 6.44. The summed E-state index contributed by atoms with van der Waals surface area (Å²) in [6, 6.07) is 10.3. The number of nitro groups is 1. The smallest absolute Gasteiger partial charge is 0.325 e. The number of fused-ring (bicyclic) bond motifs is 1. The van der Waals surface area contributed by atoms with Crippen molar-refractivity contribution in [2.75, 3.05) is 6.79 Å². The molecule has 0 aromatic heterocycles. The molecule has 1 fully saturated rings. The zero-order chi connectivity index (χ0) is 19.2. The number of urea groups is 1. The number of non-ortho nitro benzene ring substituents is 1. The zero-order valence-corrected chi connectivity index (χ0v) is 14.3. The van der Waals surface area contributed by atoms with Gasteiger partial charge in [-0.2, -0.15) is 0 Å². The molecule has 3 amide bonds. The lowest BCUT2D eigenvalue weighted by molar-refractivity contribution is -0.384. The van der Waals surface area contributed by atoms with Crippen molar-refractivity contribution in [3.05, 3.63) is 63.7 Å². The maximum atomic E-state index is 13.0. The summed E-state index contributed by atoms with van der Waals surface area (Å²) in [6.07, 6.45) is 0. The van der Waals surface area contributed by atoms with Crippen LogP contribution >= 0.6 is 0 Å². The lowest BCUT2D eigenvalue weighted by Crippen LogP contribution is -2.40. The van der Waals surface area contributed by atoms with Crippen molar-refractivity contribution in [2.45, 2.75) is 19.0 Å². The van der Waals surface area contributed by atoms with E-state index in [1.54, 1.807) is 25.1 Å². The Morgan fingerprint density at radius 3 is 2.56 bits per heavy atom. The van der Waals surface area contributed by atoms with Gasteiger partial charge >= 0.3 is 6.03 Å². The Hall–Kier alpha value is -3.62. The van der Waals surface area contributed by atoms with Crippen LogP contribution in [-0.4, -0.2) is 28.6 Å². The van der Waals surface area contributed by atoms with Crippen molar-refractivity contribution < 1.29 is 24.0 Å². The van der Waals surface area contributed by atoms with Crippen molar-refractivity contribution in [1.29, 1.82) is 0 Å². The Bertz CT molecular complexity index is 958. The van der Waals surface area contributed by atoms with E-state index in [0.29, 0.717) is 22.6 Å². The molecule has 0 aliphatic carbocycles. The van der Waals surface area contributed by atoms with Crippen molar-refractivity contribution in [1.82, 2.24) is 10.2 Å². The summed E-state index contributed by atoms with van der Waals surface area (Å²) in [4.78, 5) is 36.7. The second kappa shape index (κ2) is 5.97. The van der Waals surface area contributed by atoms with Crippen molar-refractivity contribution in [3.63, 3.8) is 0 Å². The Morgan fingerprint density at radius 1 is 1.15 bits per heavy atom. The number of amides is 3. The molecule has 2 heterocycles. The highest BCUT2D eigenvalue weighted by atomic mass is 16.7. The molecule has 27 heavy (non-hydrogen) atoms. The SMILES string of the molecule is C[C@]1(c2ccc3c(c2)OCO3)NC(=O)N(Cc2ccc([N+](=O)[O-])cc2)C1=O. The predicted molar refractivity (Wildman–Crippen MR) is 92.1 cm³/mol. The molecule has 4 rings (SSSR count). The van der Waals surface area contributed by atoms with E-state index < -0.39 is 22.4 Å². The predicted octanol–water partition coefficient (Wildman–Crippen LogP) is 2.29. The van der Waals surface area contributed by atoms with Crippen LogP contribution in [-0.2, 0) is 16.9 Å². The number of nitrogens with one attached hydrogen (secondary N) is 1. The molecule has 1 saturated heterocycles. The van der Waals surface area contributed by atoms with Gasteiger partial charge in [-0.25, -0.2) is 4.79 Å². The Morgan fingerprint density at radius 2 is 1.85 bits per heavy atom. The van der Waals surface area contributed by atoms with E-state index in [0.717, 1.165) is 4.90 Å². The summed E-state index contributed by atoms with van der Waals surface area (Å²) in [5, 5.41) is 13.5. The number of nitro benzene ring substituents is 1. The Labute approximate surface area is 153 Å². The minimum absolute atomic E-state index is 0.0167. The topological polar surface area (TPSA) is 111 Å². The quantitative estimate of drug-likeness (QED) is 0.503. The van der Waals surface area contributed by atoms with Crippen LogP contribution in [0.25, 0.3) is 0 Å². The van der Waals surface area contributed by atoms with Gasteiger partial charge < -0.3 is 14.8 Å². The van der Waals surface area contributed by atoms with Gasteiger partial charge in [0, 0.05) is 12.1 Å². The normalized spacial score (nSPS) is 20.7. The molecule has 1 atom stereocenters. The molecular formula is C18H15N3O6. The van der Waals surface area contributed by atoms with Crippen LogP contribution in [0.4, 0.5) is 10.5 Å². The van der Waals surface area contributed by atoms with E-state index in [-0.39, 0.29) is 19.0 Å². The summed E-state index contributed by atoms with van der Waals surface area (Å²) >= 11 is 0. The number of nitrogens with zero attached hydrogens (tertiary/aromatic N) is 2. The second-order valence-corrected chi connectivity index (χ2v) is 6.44. The summed E-state index contributed by atoms with van der Waals surface area (Å²) in [6.45, 7) is 1.76. The molecule has 9 nitrogen and oxygen atoms in total. The van der Waals surface area contributed by atoms with Crippen LogP contribution in [0.5, 0.6) is 11.5 Å². The number of hydrogen-bond acceptors (Lipinski definition) is 6.